The second-order valence-corrected chi connectivity index (χ2v) is 12.5. The highest BCUT2D eigenvalue weighted by atomic mass is 35.5. The van der Waals surface area contributed by atoms with Crippen molar-refractivity contribution in [1.82, 2.24) is 5.06 Å². The molecule has 0 aliphatic rings. The molecule has 4 N–H and O–H groups in total. The van der Waals surface area contributed by atoms with Crippen LogP contribution in [0.5, 0.6) is 11.5 Å². The quantitative estimate of drug-likeness (QED) is 0.191. The molecule has 13 nitrogen and oxygen atoms in total. The molecule has 15 heteroatoms. The third kappa shape index (κ3) is 9.90. The Morgan fingerprint density at radius 3 is 2.07 bits per heavy atom. The molecule has 0 saturated carbocycles. The highest BCUT2D eigenvalue weighted by Gasteiger charge is 2.41. The Bertz CT molecular complexity index is 1190. The van der Waals surface area contributed by atoms with Gasteiger partial charge in [-0.15, -0.1) is 4.28 Å². The lowest BCUT2D eigenvalue weighted by atomic mass is 9.69. The number of methoxy groups -OCH3 is 2. The zero-order valence-electron chi connectivity index (χ0n) is 24.8. The second-order valence-electron chi connectivity index (χ2n) is 10.8. The van der Waals surface area contributed by atoms with Gasteiger partial charge in [-0.3, -0.25) is 4.79 Å². The summed E-state index contributed by atoms with van der Waals surface area (Å²) in [6, 6.07) is 1.07. The van der Waals surface area contributed by atoms with E-state index in [1.807, 2.05) is 0 Å². The standard InChI is InChI=1S/C26H42ClN3O10S/c1-9-17(22(28)31)11-10-16(2)30(24(29)33)40-41(34,35)39-15-26(5,6)25(3,4)14-38-23(32)20-19(36-7)13-12-18(27)21(20)37-8/h12-13,16-17H,9-11,14-15H2,1-8H3,(H2,28,31)(H2,29,33)/t16-,17-/m0/s1. The van der Waals surface area contributed by atoms with Gasteiger partial charge in [0.15, 0.2) is 5.75 Å². The number of ether oxygens (including phenoxy) is 3. The number of urea groups is 1. The maximum absolute atomic E-state index is 13.0. The molecule has 0 aliphatic carbocycles. The number of nitrogens with two attached hydrogens (primary N) is 2. The summed E-state index contributed by atoms with van der Waals surface area (Å²) >= 11 is 6.15. The second kappa shape index (κ2) is 14.9. The molecule has 1 rings (SSSR count). The summed E-state index contributed by atoms with van der Waals surface area (Å²) in [5.41, 5.74) is 8.95. The Hall–Kier alpha value is -2.81. The monoisotopic (exact) mass is 623 g/mol. The molecular weight excluding hydrogens is 582 g/mol. The first kappa shape index (κ1) is 36.2. The molecule has 1 aromatic rings. The highest BCUT2D eigenvalue weighted by molar-refractivity contribution is 7.81. The van der Waals surface area contributed by atoms with Crippen molar-refractivity contribution >= 4 is 39.9 Å². The van der Waals surface area contributed by atoms with Crippen molar-refractivity contribution < 1.29 is 45.5 Å². The molecule has 0 fully saturated rings. The van der Waals surface area contributed by atoms with Crippen LogP contribution in [0.4, 0.5) is 4.79 Å². The Morgan fingerprint density at radius 2 is 1.59 bits per heavy atom. The number of nitrogens with zero attached hydrogens (tertiary/aromatic N) is 1. The minimum Gasteiger partial charge on any atom is -0.496 e. The summed E-state index contributed by atoms with van der Waals surface area (Å²) in [4.78, 5) is 36.4. The topological polar surface area (TPSA) is 187 Å². The van der Waals surface area contributed by atoms with Gasteiger partial charge >= 0.3 is 22.4 Å². The van der Waals surface area contributed by atoms with Crippen LogP contribution in [0.3, 0.4) is 0 Å². The van der Waals surface area contributed by atoms with E-state index in [2.05, 4.69) is 0 Å². The van der Waals surface area contributed by atoms with Gasteiger partial charge in [0, 0.05) is 11.3 Å². The predicted octanol–water partition coefficient (Wildman–Crippen LogP) is 3.82. The Balaban J connectivity index is 2.93. The normalized spacial score (nSPS) is 13.7. The number of carbonyl (C=O) groups is 3. The lowest BCUT2D eigenvalue weighted by Gasteiger charge is -2.40. The first-order chi connectivity index (χ1) is 18.8. The minimum atomic E-state index is -4.74. The van der Waals surface area contributed by atoms with Gasteiger partial charge in [0.05, 0.1) is 38.5 Å². The summed E-state index contributed by atoms with van der Waals surface area (Å²) in [5.74, 6) is -1.41. The van der Waals surface area contributed by atoms with E-state index in [0.717, 1.165) is 0 Å². The molecule has 1 aromatic carbocycles. The molecule has 0 aliphatic heterocycles. The Kier molecular flexibility index (Phi) is 13.2. The maximum atomic E-state index is 13.0. The van der Waals surface area contributed by atoms with Gasteiger partial charge in [-0.25, -0.2) is 13.8 Å². The lowest BCUT2D eigenvalue weighted by molar-refractivity contribution is -0.122. The molecule has 41 heavy (non-hydrogen) atoms. The molecule has 0 saturated heterocycles. The molecule has 0 aromatic heterocycles. The number of carbonyl (C=O) groups excluding carboxylic acids is 3. The first-order valence-corrected chi connectivity index (χ1v) is 14.6. The van der Waals surface area contributed by atoms with E-state index in [-0.39, 0.29) is 35.1 Å². The van der Waals surface area contributed by atoms with Crippen molar-refractivity contribution in [2.24, 2.45) is 28.2 Å². The smallest absolute Gasteiger partial charge is 0.421 e. The van der Waals surface area contributed by atoms with Crippen LogP contribution in [0.1, 0.15) is 71.2 Å². The number of hydrogen-bond acceptors (Lipinski definition) is 10. The van der Waals surface area contributed by atoms with Gasteiger partial charge in [-0.1, -0.05) is 46.2 Å². The van der Waals surface area contributed by atoms with E-state index in [0.29, 0.717) is 17.9 Å². The van der Waals surface area contributed by atoms with Crippen LogP contribution in [0.2, 0.25) is 5.02 Å². The van der Waals surface area contributed by atoms with E-state index in [1.165, 1.54) is 33.3 Å². The van der Waals surface area contributed by atoms with Crippen LogP contribution in [-0.4, -0.2) is 64.9 Å². The zero-order chi connectivity index (χ0) is 31.8. The van der Waals surface area contributed by atoms with Gasteiger partial charge in [0.1, 0.15) is 11.3 Å². The Morgan fingerprint density at radius 1 is 1.00 bits per heavy atom. The highest BCUT2D eigenvalue weighted by Crippen LogP contribution is 2.41. The van der Waals surface area contributed by atoms with Gasteiger partial charge in [-0.05, 0) is 43.7 Å². The lowest BCUT2D eigenvalue weighted by Crippen LogP contribution is -2.45. The number of hydrogen-bond donors (Lipinski definition) is 2. The number of amides is 3. The van der Waals surface area contributed by atoms with Crippen molar-refractivity contribution in [3.8, 4) is 11.5 Å². The van der Waals surface area contributed by atoms with Crippen molar-refractivity contribution in [3.63, 3.8) is 0 Å². The average molecular weight is 624 g/mol. The molecule has 0 unspecified atom stereocenters. The van der Waals surface area contributed by atoms with Crippen molar-refractivity contribution in [2.75, 3.05) is 27.4 Å². The van der Waals surface area contributed by atoms with Crippen LogP contribution in [0.15, 0.2) is 12.1 Å². The van der Waals surface area contributed by atoms with Gasteiger partial charge < -0.3 is 25.7 Å². The third-order valence-electron chi connectivity index (χ3n) is 7.28. The number of hydroxylamine groups is 2. The minimum absolute atomic E-state index is 0.00471. The van der Waals surface area contributed by atoms with Crippen LogP contribution in [0.25, 0.3) is 0 Å². The van der Waals surface area contributed by atoms with Gasteiger partial charge in [-0.2, -0.15) is 13.5 Å². The summed E-state index contributed by atoms with van der Waals surface area (Å²) < 4.78 is 51.4. The molecule has 0 bridgehead atoms. The number of rotatable bonds is 17. The van der Waals surface area contributed by atoms with E-state index in [1.54, 1.807) is 34.6 Å². The molecule has 0 spiro atoms. The molecule has 3 amide bonds. The zero-order valence-corrected chi connectivity index (χ0v) is 26.4. The fourth-order valence-corrected chi connectivity index (χ4v) is 4.72. The molecule has 234 valence electrons. The van der Waals surface area contributed by atoms with E-state index >= 15 is 0 Å². The number of benzene rings is 1. The summed E-state index contributed by atoms with van der Waals surface area (Å²) in [7, 11) is -2.00. The summed E-state index contributed by atoms with van der Waals surface area (Å²) in [5, 5.41) is 0.671. The van der Waals surface area contributed by atoms with Crippen LogP contribution >= 0.6 is 11.6 Å². The van der Waals surface area contributed by atoms with Crippen LogP contribution < -0.4 is 20.9 Å². The Labute approximate surface area is 247 Å². The van der Waals surface area contributed by atoms with Crippen molar-refractivity contribution in [1.29, 1.82) is 0 Å². The summed E-state index contributed by atoms with van der Waals surface area (Å²) in [6.45, 7) is 9.68. The van der Waals surface area contributed by atoms with Crippen molar-refractivity contribution in [2.45, 2.75) is 66.8 Å². The maximum Gasteiger partial charge on any atom is 0.421 e. The predicted molar refractivity (Wildman–Crippen MR) is 151 cm³/mol. The van der Waals surface area contributed by atoms with Crippen LogP contribution in [-0.2, 0) is 28.4 Å². The average Bonchev–Trinajstić information content (AvgIpc) is 2.89. The number of esters is 1. The van der Waals surface area contributed by atoms with Gasteiger partial charge in [0.2, 0.25) is 5.91 Å². The number of halogens is 1. The summed E-state index contributed by atoms with van der Waals surface area (Å²) in [6.07, 6.45) is 0.987. The van der Waals surface area contributed by atoms with E-state index in [9.17, 15) is 22.8 Å². The largest absolute Gasteiger partial charge is 0.496 e. The van der Waals surface area contributed by atoms with Gasteiger partial charge in [0.25, 0.3) is 0 Å². The molecular formula is C26H42ClN3O10S. The molecule has 0 radical (unpaired) electrons. The first-order valence-electron chi connectivity index (χ1n) is 12.9. The SMILES string of the molecule is CC[C@@H](CC[C@H](C)N(OS(=O)(=O)OCC(C)(C)C(C)(C)COC(=O)c1c(OC)ccc(Cl)c1OC)C(N)=O)C(N)=O. The van der Waals surface area contributed by atoms with E-state index in [4.69, 9.17) is 45.7 Å². The van der Waals surface area contributed by atoms with Crippen molar-refractivity contribution in [3.05, 3.63) is 22.7 Å². The molecule has 2 atom stereocenters. The van der Waals surface area contributed by atoms with E-state index < -0.39 is 57.7 Å². The third-order valence-corrected chi connectivity index (χ3v) is 8.32. The fourth-order valence-electron chi connectivity index (χ4n) is 3.58. The van der Waals surface area contributed by atoms with Crippen LogP contribution in [0, 0.1) is 16.7 Å². The fraction of sp³-hybridized carbons (Fsp3) is 0.654. The molecule has 0 heterocycles. The number of primary amides is 2.